The Labute approximate surface area is 115 Å². The summed E-state index contributed by atoms with van der Waals surface area (Å²) < 4.78 is 0. The molecular formula is C12H14ClN3O3. The second-order valence-corrected chi connectivity index (χ2v) is 4.43. The molecule has 1 saturated carbocycles. The first-order valence-electron chi connectivity index (χ1n) is 5.37. The largest absolute Gasteiger partial charge is 0.480 e. The highest BCUT2D eigenvalue weighted by Crippen LogP contribution is 2.59. The van der Waals surface area contributed by atoms with Crippen molar-refractivity contribution in [2.24, 2.45) is 16.9 Å². The minimum absolute atomic E-state index is 0. The summed E-state index contributed by atoms with van der Waals surface area (Å²) in [4.78, 5) is 22.4. The molecule has 6 N–H and O–H groups in total. The molecule has 102 valence electrons. The molecule has 1 aromatic carbocycles. The number of benzene rings is 1. The number of carbonyl (C=O) groups excluding carboxylic acids is 1. The van der Waals surface area contributed by atoms with E-state index in [2.05, 4.69) is 0 Å². The number of carboxylic acid groups (broad SMARTS) is 1. The Balaban J connectivity index is 0.00000180. The minimum Gasteiger partial charge on any atom is -0.480 e. The SMILES string of the molecule is Cl.N=C(N)c1ccc(C2CC2(C(N)=O)C(=O)O)cc1. The van der Waals surface area contributed by atoms with Gasteiger partial charge >= 0.3 is 5.97 Å². The van der Waals surface area contributed by atoms with Crippen LogP contribution in [0.2, 0.25) is 0 Å². The number of halogens is 1. The van der Waals surface area contributed by atoms with Gasteiger partial charge in [0.1, 0.15) is 5.84 Å². The number of primary amides is 1. The first-order chi connectivity index (χ1) is 8.39. The fraction of sp³-hybridized carbons (Fsp3) is 0.250. The number of nitrogens with one attached hydrogen (secondary N) is 1. The van der Waals surface area contributed by atoms with Crippen LogP contribution in [0.15, 0.2) is 24.3 Å². The average molecular weight is 284 g/mol. The van der Waals surface area contributed by atoms with E-state index in [9.17, 15) is 9.59 Å². The number of hydrogen-bond acceptors (Lipinski definition) is 3. The van der Waals surface area contributed by atoms with Gasteiger partial charge in [0.2, 0.25) is 5.91 Å². The van der Waals surface area contributed by atoms with Crippen molar-refractivity contribution < 1.29 is 14.7 Å². The van der Waals surface area contributed by atoms with Crippen molar-refractivity contribution in [3.05, 3.63) is 35.4 Å². The van der Waals surface area contributed by atoms with Gasteiger partial charge in [-0.05, 0) is 12.0 Å². The highest BCUT2D eigenvalue weighted by Gasteiger charge is 2.65. The minimum atomic E-state index is -1.47. The lowest BCUT2D eigenvalue weighted by molar-refractivity contribution is -0.148. The molecule has 2 rings (SSSR count). The molecule has 1 amide bonds. The molecule has 0 radical (unpaired) electrons. The monoisotopic (exact) mass is 283 g/mol. The zero-order chi connectivity index (χ0) is 13.5. The van der Waals surface area contributed by atoms with Crippen LogP contribution in [0.5, 0.6) is 0 Å². The summed E-state index contributed by atoms with van der Waals surface area (Å²) in [6, 6.07) is 6.61. The molecule has 0 bridgehead atoms. The van der Waals surface area contributed by atoms with Crippen molar-refractivity contribution >= 4 is 30.1 Å². The number of carbonyl (C=O) groups is 2. The van der Waals surface area contributed by atoms with Crippen molar-refractivity contribution in [3.8, 4) is 0 Å². The Bertz CT molecular complexity index is 528. The zero-order valence-electron chi connectivity index (χ0n) is 9.92. The van der Waals surface area contributed by atoms with Gasteiger partial charge in [0, 0.05) is 11.5 Å². The number of carboxylic acids is 1. The van der Waals surface area contributed by atoms with Crippen LogP contribution < -0.4 is 11.5 Å². The van der Waals surface area contributed by atoms with Crippen LogP contribution in [0.25, 0.3) is 0 Å². The van der Waals surface area contributed by atoms with E-state index < -0.39 is 23.2 Å². The number of amides is 1. The molecule has 19 heavy (non-hydrogen) atoms. The quantitative estimate of drug-likeness (QED) is 0.363. The molecule has 0 heterocycles. The van der Waals surface area contributed by atoms with Gasteiger partial charge in [-0.15, -0.1) is 12.4 Å². The Morgan fingerprint density at radius 1 is 1.26 bits per heavy atom. The molecule has 0 aliphatic heterocycles. The highest BCUT2D eigenvalue weighted by atomic mass is 35.5. The summed E-state index contributed by atoms with van der Waals surface area (Å²) in [5, 5.41) is 16.3. The van der Waals surface area contributed by atoms with E-state index in [4.69, 9.17) is 22.0 Å². The fourth-order valence-corrected chi connectivity index (χ4v) is 2.17. The Morgan fingerprint density at radius 3 is 2.11 bits per heavy atom. The molecule has 0 spiro atoms. The number of aliphatic carboxylic acids is 1. The van der Waals surface area contributed by atoms with E-state index in [0.29, 0.717) is 5.56 Å². The van der Waals surface area contributed by atoms with E-state index in [-0.39, 0.29) is 24.7 Å². The van der Waals surface area contributed by atoms with Gasteiger partial charge in [0.25, 0.3) is 0 Å². The number of amidine groups is 1. The highest BCUT2D eigenvalue weighted by molar-refractivity contribution is 6.06. The van der Waals surface area contributed by atoms with Crippen LogP contribution in [0.3, 0.4) is 0 Å². The number of nitrogens with two attached hydrogens (primary N) is 2. The van der Waals surface area contributed by atoms with Gasteiger partial charge in [-0.3, -0.25) is 15.0 Å². The molecular weight excluding hydrogens is 270 g/mol. The van der Waals surface area contributed by atoms with Crippen molar-refractivity contribution in [1.82, 2.24) is 0 Å². The zero-order valence-corrected chi connectivity index (χ0v) is 10.7. The fourth-order valence-electron chi connectivity index (χ4n) is 2.17. The van der Waals surface area contributed by atoms with Gasteiger partial charge in [0.15, 0.2) is 5.41 Å². The molecule has 6 nitrogen and oxygen atoms in total. The van der Waals surface area contributed by atoms with E-state index in [0.717, 1.165) is 5.56 Å². The van der Waals surface area contributed by atoms with Crippen LogP contribution in [0, 0.1) is 10.8 Å². The molecule has 0 saturated heterocycles. The summed E-state index contributed by atoms with van der Waals surface area (Å²) in [6.07, 6.45) is 0.219. The maximum Gasteiger partial charge on any atom is 0.319 e. The van der Waals surface area contributed by atoms with Gasteiger partial charge < -0.3 is 16.6 Å². The molecule has 1 aromatic rings. The van der Waals surface area contributed by atoms with Gasteiger partial charge in [0.05, 0.1) is 0 Å². The summed E-state index contributed by atoms with van der Waals surface area (Å²) in [5.74, 6) is -2.45. The third kappa shape index (κ3) is 2.26. The van der Waals surface area contributed by atoms with Crippen LogP contribution in [0.4, 0.5) is 0 Å². The Kier molecular flexibility index (Phi) is 3.86. The molecule has 7 heteroatoms. The average Bonchev–Trinajstić information content (AvgIpc) is 3.05. The third-order valence-corrected chi connectivity index (χ3v) is 3.41. The lowest BCUT2D eigenvalue weighted by atomic mass is 9.97. The topological polar surface area (TPSA) is 130 Å². The van der Waals surface area contributed by atoms with Gasteiger partial charge in [-0.2, -0.15) is 0 Å². The second-order valence-electron chi connectivity index (χ2n) is 4.43. The summed E-state index contributed by atoms with van der Waals surface area (Å²) in [7, 11) is 0. The molecule has 2 unspecified atom stereocenters. The Morgan fingerprint density at radius 2 is 1.79 bits per heavy atom. The predicted octanol–water partition coefficient (Wildman–Crippen LogP) is 0.436. The van der Waals surface area contributed by atoms with E-state index in [1.54, 1.807) is 24.3 Å². The first kappa shape index (κ1) is 15.0. The van der Waals surface area contributed by atoms with Gasteiger partial charge in [-0.25, -0.2) is 0 Å². The van der Waals surface area contributed by atoms with Crippen LogP contribution in [-0.4, -0.2) is 22.8 Å². The maximum atomic E-state index is 11.3. The molecule has 2 atom stereocenters. The first-order valence-corrected chi connectivity index (χ1v) is 5.37. The lowest BCUT2D eigenvalue weighted by Crippen LogP contribution is -2.33. The van der Waals surface area contributed by atoms with Crippen molar-refractivity contribution in [2.45, 2.75) is 12.3 Å². The van der Waals surface area contributed by atoms with Crippen LogP contribution >= 0.6 is 12.4 Å². The number of rotatable bonds is 4. The second kappa shape index (κ2) is 4.89. The van der Waals surface area contributed by atoms with Crippen LogP contribution in [0.1, 0.15) is 23.5 Å². The predicted molar refractivity (Wildman–Crippen MR) is 71.3 cm³/mol. The van der Waals surface area contributed by atoms with Crippen molar-refractivity contribution in [1.29, 1.82) is 5.41 Å². The normalized spacial score (nSPS) is 24.1. The van der Waals surface area contributed by atoms with Crippen LogP contribution in [-0.2, 0) is 9.59 Å². The molecule has 1 aliphatic carbocycles. The molecule has 1 aliphatic rings. The van der Waals surface area contributed by atoms with E-state index in [1.165, 1.54) is 0 Å². The van der Waals surface area contributed by atoms with Crippen molar-refractivity contribution in [2.75, 3.05) is 0 Å². The number of nitrogen functional groups attached to an aromatic ring is 1. The van der Waals surface area contributed by atoms with Gasteiger partial charge in [-0.1, -0.05) is 24.3 Å². The molecule has 1 fully saturated rings. The number of hydrogen-bond donors (Lipinski definition) is 4. The van der Waals surface area contributed by atoms with E-state index >= 15 is 0 Å². The molecule has 0 aromatic heterocycles. The summed E-state index contributed by atoms with van der Waals surface area (Å²) >= 11 is 0. The third-order valence-electron chi connectivity index (χ3n) is 3.41. The summed E-state index contributed by atoms with van der Waals surface area (Å²) in [5.41, 5.74) is 10.3. The smallest absolute Gasteiger partial charge is 0.319 e. The van der Waals surface area contributed by atoms with E-state index in [1.807, 2.05) is 0 Å². The Hall–Kier alpha value is -2.08. The maximum absolute atomic E-state index is 11.3. The lowest BCUT2D eigenvalue weighted by Gasteiger charge is -2.08. The van der Waals surface area contributed by atoms with Crippen molar-refractivity contribution in [3.63, 3.8) is 0 Å². The standard InChI is InChI=1S/C12H13N3O3.ClH/c13-9(14)7-3-1-6(2-4-7)8-5-12(8,10(15)16)11(17)18;/h1-4,8H,5H2,(H3,13,14)(H2,15,16)(H,17,18);1H. The summed E-state index contributed by atoms with van der Waals surface area (Å²) in [6.45, 7) is 0.